The first-order chi connectivity index (χ1) is 10.6. The molecule has 7 heteroatoms. The van der Waals surface area contributed by atoms with Crippen LogP contribution in [0.25, 0.3) is 11.5 Å². The molecule has 1 aromatic heterocycles. The van der Waals surface area contributed by atoms with E-state index in [0.717, 1.165) is 4.90 Å². The monoisotopic (exact) mass is 303 g/mol. The number of carbonyl (C=O) groups excluding carboxylic acids is 2. The third kappa shape index (κ3) is 2.57. The summed E-state index contributed by atoms with van der Waals surface area (Å²) < 4.78 is 19.2. The SMILES string of the molecule is Cc1oc(-c2ccccc2F)nc1CN1C(=O)CCNC1=O. The van der Waals surface area contributed by atoms with E-state index in [9.17, 15) is 14.0 Å². The number of oxazole rings is 1. The van der Waals surface area contributed by atoms with E-state index >= 15 is 0 Å². The summed E-state index contributed by atoms with van der Waals surface area (Å²) in [6.45, 7) is 2.01. The van der Waals surface area contributed by atoms with E-state index in [4.69, 9.17) is 4.42 Å². The number of amides is 3. The van der Waals surface area contributed by atoms with Gasteiger partial charge in [-0.15, -0.1) is 0 Å². The van der Waals surface area contributed by atoms with Crippen molar-refractivity contribution < 1.29 is 18.4 Å². The number of hydrogen-bond acceptors (Lipinski definition) is 4. The summed E-state index contributed by atoms with van der Waals surface area (Å²) in [6.07, 6.45) is 0.253. The highest BCUT2D eigenvalue weighted by atomic mass is 19.1. The van der Waals surface area contributed by atoms with Gasteiger partial charge in [-0.05, 0) is 19.1 Å². The van der Waals surface area contributed by atoms with E-state index in [1.807, 2.05) is 0 Å². The lowest BCUT2D eigenvalue weighted by Crippen LogP contribution is -2.49. The Balaban J connectivity index is 1.88. The van der Waals surface area contributed by atoms with Crippen molar-refractivity contribution in [1.82, 2.24) is 15.2 Å². The van der Waals surface area contributed by atoms with Crippen LogP contribution in [0.5, 0.6) is 0 Å². The molecule has 3 rings (SSSR count). The quantitative estimate of drug-likeness (QED) is 0.943. The Morgan fingerprint density at radius 1 is 1.36 bits per heavy atom. The highest BCUT2D eigenvalue weighted by molar-refractivity contribution is 5.96. The average Bonchev–Trinajstić information content (AvgIpc) is 2.84. The third-order valence-electron chi connectivity index (χ3n) is 3.47. The highest BCUT2D eigenvalue weighted by Gasteiger charge is 2.27. The Labute approximate surface area is 125 Å². The first-order valence-corrected chi connectivity index (χ1v) is 6.85. The molecular weight excluding hydrogens is 289 g/mol. The molecule has 1 N–H and O–H groups in total. The fourth-order valence-corrected chi connectivity index (χ4v) is 2.25. The summed E-state index contributed by atoms with van der Waals surface area (Å²) in [5.41, 5.74) is 0.676. The van der Waals surface area contributed by atoms with Gasteiger partial charge >= 0.3 is 6.03 Å². The molecule has 1 aliphatic heterocycles. The van der Waals surface area contributed by atoms with Gasteiger partial charge in [-0.25, -0.2) is 14.2 Å². The van der Waals surface area contributed by atoms with Gasteiger partial charge in [0.25, 0.3) is 0 Å². The van der Waals surface area contributed by atoms with Gasteiger partial charge in [0, 0.05) is 13.0 Å². The first-order valence-electron chi connectivity index (χ1n) is 6.85. The van der Waals surface area contributed by atoms with E-state index in [1.54, 1.807) is 25.1 Å². The van der Waals surface area contributed by atoms with Crippen LogP contribution in [-0.2, 0) is 11.3 Å². The van der Waals surface area contributed by atoms with E-state index in [-0.39, 0.29) is 30.3 Å². The molecule has 22 heavy (non-hydrogen) atoms. The Bertz CT molecular complexity index is 725. The minimum absolute atomic E-state index is 0.00839. The van der Waals surface area contributed by atoms with Crippen LogP contribution in [-0.4, -0.2) is 28.4 Å². The zero-order valence-electron chi connectivity index (χ0n) is 11.9. The van der Waals surface area contributed by atoms with Crippen molar-refractivity contribution in [3.63, 3.8) is 0 Å². The van der Waals surface area contributed by atoms with Crippen molar-refractivity contribution >= 4 is 11.9 Å². The van der Waals surface area contributed by atoms with Gasteiger partial charge in [0.2, 0.25) is 11.8 Å². The molecule has 0 unspecified atom stereocenters. The molecule has 0 atom stereocenters. The average molecular weight is 303 g/mol. The maximum absolute atomic E-state index is 13.8. The van der Waals surface area contributed by atoms with Crippen LogP contribution in [0.1, 0.15) is 17.9 Å². The predicted molar refractivity (Wildman–Crippen MR) is 75.2 cm³/mol. The van der Waals surface area contributed by atoms with Crippen molar-refractivity contribution in [1.29, 1.82) is 0 Å². The fourth-order valence-electron chi connectivity index (χ4n) is 2.25. The number of rotatable bonds is 3. The van der Waals surface area contributed by atoms with Crippen molar-refractivity contribution in [2.24, 2.45) is 0 Å². The van der Waals surface area contributed by atoms with E-state index in [1.165, 1.54) is 6.07 Å². The van der Waals surface area contributed by atoms with Crippen LogP contribution in [0.4, 0.5) is 9.18 Å². The minimum Gasteiger partial charge on any atom is -0.441 e. The standard InChI is InChI=1S/C15H14FN3O3/c1-9-12(8-19-13(20)6-7-17-15(19)21)18-14(22-9)10-4-2-3-5-11(10)16/h2-5H,6-8H2,1H3,(H,17,21). The summed E-state index contributed by atoms with van der Waals surface area (Å²) in [5, 5.41) is 2.60. The molecule has 0 aliphatic carbocycles. The van der Waals surface area contributed by atoms with E-state index < -0.39 is 11.8 Å². The van der Waals surface area contributed by atoms with Crippen molar-refractivity contribution in [2.45, 2.75) is 19.9 Å². The highest BCUT2D eigenvalue weighted by Crippen LogP contribution is 2.25. The second-order valence-corrected chi connectivity index (χ2v) is 4.96. The smallest absolute Gasteiger partial charge is 0.324 e. The van der Waals surface area contributed by atoms with E-state index in [2.05, 4.69) is 10.3 Å². The number of nitrogens with one attached hydrogen (secondary N) is 1. The summed E-state index contributed by atoms with van der Waals surface area (Å²) in [5.74, 6) is -0.124. The lowest BCUT2D eigenvalue weighted by Gasteiger charge is -2.24. The normalized spacial score (nSPS) is 15.1. The third-order valence-corrected chi connectivity index (χ3v) is 3.47. The first kappa shape index (κ1) is 14.2. The number of aryl methyl sites for hydroxylation is 1. The van der Waals surface area contributed by atoms with Crippen LogP contribution in [0.2, 0.25) is 0 Å². The zero-order valence-corrected chi connectivity index (χ0v) is 11.9. The number of aromatic nitrogens is 1. The van der Waals surface area contributed by atoms with Crippen LogP contribution in [0.3, 0.4) is 0 Å². The van der Waals surface area contributed by atoms with Crippen molar-refractivity contribution in [3.8, 4) is 11.5 Å². The van der Waals surface area contributed by atoms with Crippen LogP contribution in [0, 0.1) is 12.7 Å². The molecule has 1 aromatic carbocycles. The van der Waals surface area contributed by atoms with Gasteiger partial charge in [-0.2, -0.15) is 0 Å². The molecule has 2 heterocycles. The molecule has 6 nitrogen and oxygen atoms in total. The molecule has 1 aliphatic rings. The Morgan fingerprint density at radius 3 is 2.86 bits per heavy atom. The second kappa shape index (κ2) is 5.59. The van der Waals surface area contributed by atoms with Crippen molar-refractivity contribution in [3.05, 3.63) is 41.5 Å². The number of hydrogen-bond donors (Lipinski definition) is 1. The number of imide groups is 1. The summed E-state index contributed by atoms with van der Waals surface area (Å²) in [6, 6.07) is 5.68. The summed E-state index contributed by atoms with van der Waals surface area (Å²) in [4.78, 5) is 28.8. The van der Waals surface area contributed by atoms with E-state index in [0.29, 0.717) is 18.0 Å². The van der Waals surface area contributed by atoms with Crippen LogP contribution in [0.15, 0.2) is 28.7 Å². The minimum atomic E-state index is -0.453. The number of benzene rings is 1. The number of nitrogens with zero attached hydrogens (tertiary/aromatic N) is 2. The molecule has 1 fully saturated rings. The van der Waals surface area contributed by atoms with Gasteiger partial charge in [0.15, 0.2) is 0 Å². The van der Waals surface area contributed by atoms with Crippen molar-refractivity contribution in [2.75, 3.05) is 6.54 Å². The van der Waals surface area contributed by atoms with Crippen LogP contribution < -0.4 is 5.32 Å². The Morgan fingerprint density at radius 2 is 2.14 bits per heavy atom. The molecule has 0 radical (unpaired) electrons. The van der Waals surface area contributed by atoms with Gasteiger partial charge < -0.3 is 9.73 Å². The number of urea groups is 1. The topological polar surface area (TPSA) is 75.4 Å². The Kier molecular flexibility index (Phi) is 3.62. The maximum Gasteiger partial charge on any atom is 0.324 e. The molecule has 114 valence electrons. The fraction of sp³-hybridized carbons (Fsp3) is 0.267. The zero-order chi connectivity index (χ0) is 15.7. The molecule has 0 saturated carbocycles. The van der Waals surface area contributed by atoms with Crippen LogP contribution >= 0.6 is 0 Å². The number of halogens is 1. The molecule has 0 bridgehead atoms. The lowest BCUT2D eigenvalue weighted by molar-refractivity contribution is -0.129. The van der Waals surface area contributed by atoms with Gasteiger partial charge in [-0.3, -0.25) is 9.69 Å². The van der Waals surface area contributed by atoms with Gasteiger partial charge in [0.05, 0.1) is 12.1 Å². The Hall–Kier alpha value is -2.70. The maximum atomic E-state index is 13.8. The molecule has 3 amide bonds. The molecule has 2 aromatic rings. The predicted octanol–water partition coefficient (Wildman–Crippen LogP) is 2.23. The lowest BCUT2D eigenvalue weighted by atomic mass is 10.2. The molecule has 1 saturated heterocycles. The molecular formula is C15H14FN3O3. The summed E-state index contributed by atoms with van der Waals surface area (Å²) in [7, 11) is 0. The summed E-state index contributed by atoms with van der Waals surface area (Å²) >= 11 is 0. The number of carbonyl (C=O) groups is 2. The second-order valence-electron chi connectivity index (χ2n) is 4.96. The molecule has 0 spiro atoms. The van der Waals surface area contributed by atoms with Gasteiger partial charge in [0.1, 0.15) is 17.3 Å². The van der Waals surface area contributed by atoms with Gasteiger partial charge in [-0.1, -0.05) is 12.1 Å². The largest absolute Gasteiger partial charge is 0.441 e.